The summed E-state index contributed by atoms with van der Waals surface area (Å²) in [7, 11) is 0. The Bertz CT molecular complexity index is 629. The maximum absolute atomic E-state index is 13.1. The van der Waals surface area contributed by atoms with Crippen LogP contribution in [0.4, 0.5) is 26.3 Å². The van der Waals surface area contributed by atoms with Crippen LogP contribution in [0.2, 0.25) is 0 Å². The normalized spacial score (nSPS) is 24.8. The van der Waals surface area contributed by atoms with E-state index in [0.717, 1.165) is 12.8 Å². The summed E-state index contributed by atoms with van der Waals surface area (Å²) in [6, 6.07) is 5.74. The van der Waals surface area contributed by atoms with Crippen molar-refractivity contribution in [1.29, 1.82) is 0 Å². The van der Waals surface area contributed by atoms with E-state index in [9.17, 15) is 31.4 Å². The number of ether oxygens (including phenoxy) is 1. The maximum Gasteiger partial charge on any atom is 0.427 e. The van der Waals surface area contributed by atoms with Crippen molar-refractivity contribution in [2.24, 2.45) is 5.92 Å². The monoisotopic (exact) mass is 413 g/mol. The van der Waals surface area contributed by atoms with Crippen LogP contribution >= 0.6 is 0 Å². The summed E-state index contributed by atoms with van der Waals surface area (Å²) in [4.78, 5) is 0. The Hall–Kier alpha value is -1.48. The zero-order valence-corrected chi connectivity index (χ0v) is 15.5. The molecule has 3 nitrogen and oxygen atoms in total. The molecule has 160 valence electrons. The molecule has 1 aliphatic carbocycles. The Morgan fingerprint density at radius 1 is 1.21 bits per heavy atom. The van der Waals surface area contributed by atoms with Crippen molar-refractivity contribution in [3.05, 3.63) is 29.8 Å². The van der Waals surface area contributed by atoms with E-state index in [1.165, 1.54) is 18.2 Å². The summed E-state index contributed by atoms with van der Waals surface area (Å²) < 4.78 is 80.9. The van der Waals surface area contributed by atoms with Gasteiger partial charge in [0, 0.05) is 12.1 Å². The standard InChI is InChI=1S/C19H25F6NO2/c1-13-5-7-17(8-6-13,26-11-16(27)19(23,24)25)10-14-3-2-4-15(9-14)28-18(21,22)12-20/h2-4,9,13,16,26-27H,5-8,10-12H2,1H3. The van der Waals surface area contributed by atoms with Crippen LogP contribution in [0.15, 0.2) is 24.3 Å². The molecule has 1 unspecified atom stereocenters. The van der Waals surface area contributed by atoms with Crippen LogP contribution in [0.5, 0.6) is 5.75 Å². The Balaban J connectivity index is 2.14. The van der Waals surface area contributed by atoms with Crippen LogP contribution in [-0.4, -0.2) is 42.3 Å². The molecular weight excluding hydrogens is 388 g/mol. The van der Waals surface area contributed by atoms with E-state index < -0.39 is 37.1 Å². The minimum Gasteiger partial charge on any atom is -0.431 e. The number of alkyl halides is 6. The molecular formula is C19H25F6NO2. The molecule has 0 amide bonds. The number of aliphatic hydroxyl groups is 1. The number of halogens is 6. The minimum absolute atomic E-state index is 0.213. The molecule has 1 atom stereocenters. The fourth-order valence-electron chi connectivity index (χ4n) is 3.47. The largest absolute Gasteiger partial charge is 0.431 e. The molecule has 0 heterocycles. The van der Waals surface area contributed by atoms with E-state index in [-0.39, 0.29) is 12.2 Å². The smallest absolute Gasteiger partial charge is 0.427 e. The second kappa shape index (κ2) is 8.90. The van der Waals surface area contributed by atoms with E-state index in [4.69, 9.17) is 0 Å². The van der Waals surface area contributed by atoms with Gasteiger partial charge < -0.3 is 15.2 Å². The van der Waals surface area contributed by atoms with Gasteiger partial charge in [-0.15, -0.1) is 0 Å². The van der Waals surface area contributed by atoms with Crippen LogP contribution in [0, 0.1) is 5.92 Å². The molecule has 1 fully saturated rings. The van der Waals surface area contributed by atoms with Crippen molar-refractivity contribution in [1.82, 2.24) is 5.32 Å². The molecule has 2 N–H and O–H groups in total. The Labute approximate surface area is 160 Å². The molecule has 1 aromatic rings. The molecule has 1 aliphatic rings. The van der Waals surface area contributed by atoms with E-state index in [0.29, 0.717) is 24.3 Å². The highest BCUT2D eigenvalue weighted by molar-refractivity contribution is 5.30. The molecule has 1 saturated carbocycles. The van der Waals surface area contributed by atoms with Gasteiger partial charge in [0.05, 0.1) is 0 Å². The third-order valence-electron chi connectivity index (χ3n) is 5.14. The van der Waals surface area contributed by atoms with Crippen molar-refractivity contribution >= 4 is 0 Å². The maximum atomic E-state index is 13.1. The number of nitrogens with one attached hydrogen (secondary N) is 1. The lowest BCUT2D eigenvalue weighted by Crippen LogP contribution is -2.53. The van der Waals surface area contributed by atoms with Crippen molar-refractivity contribution < 1.29 is 36.2 Å². The summed E-state index contributed by atoms with van der Waals surface area (Å²) in [6.07, 6.45) is -8.09. The van der Waals surface area contributed by atoms with Gasteiger partial charge in [0.1, 0.15) is 5.75 Å². The molecule has 0 aliphatic heterocycles. The van der Waals surface area contributed by atoms with E-state index >= 15 is 0 Å². The number of β-amino-alcohol motifs (C(OH)–C–C–N with tert-alkyl or cyclic N) is 1. The molecule has 0 bridgehead atoms. The van der Waals surface area contributed by atoms with Gasteiger partial charge in [-0.2, -0.15) is 22.0 Å². The lowest BCUT2D eigenvalue weighted by molar-refractivity contribution is -0.203. The second-order valence-electron chi connectivity index (χ2n) is 7.60. The predicted molar refractivity (Wildman–Crippen MR) is 92.1 cm³/mol. The summed E-state index contributed by atoms with van der Waals surface area (Å²) in [5, 5.41) is 12.2. The molecule has 28 heavy (non-hydrogen) atoms. The van der Waals surface area contributed by atoms with Crippen molar-refractivity contribution in [3.63, 3.8) is 0 Å². The summed E-state index contributed by atoms with van der Waals surface area (Å²) >= 11 is 0. The van der Waals surface area contributed by atoms with Gasteiger partial charge in [-0.25, -0.2) is 4.39 Å². The van der Waals surface area contributed by atoms with Gasteiger partial charge in [0.15, 0.2) is 12.8 Å². The molecule has 0 aromatic heterocycles. The zero-order valence-electron chi connectivity index (χ0n) is 15.5. The Morgan fingerprint density at radius 3 is 2.43 bits per heavy atom. The average molecular weight is 413 g/mol. The van der Waals surface area contributed by atoms with Crippen molar-refractivity contribution in [2.45, 2.75) is 63.0 Å². The predicted octanol–water partition coefficient (Wildman–Crippen LogP) is 4.63. The third kappa shape index (κ3) is 6.55. The molecule has 0 spiro atoms. The molecule has 1 aromatic carbocycles. The van der Waals surface area contributed by atoms with Crippen LogP contribution < -0.4 is 10.1 Å². The van der Waals surface area contributed by atoms with Gasteiger partial charge in [-0.3, -0.25) is 0 Å². The van der Waals surface area contributed by atoms with Gasteiger partial charge in [0.25, 0.3) is 0 Å². The highest BCUT2D eigenvalue weighted by atomic mass is 19.4. The molecule has 9 heteroatoms. The molecule has 2 rings (SSSR count). The summed E-state index contributed by atoms with van der Waals surface area (Å²) in [5.41, 5.74) is -0.115. The fourth-order valence-corrected chi connectivity index (χ4v) is 3.47. The average Bonchev–Trinajstić information content (AvgIpc) is 2.61. The summed E-state index contributed by atoms with van der Waals surface area (Å²) in [6.45, 7) is -0.550. The minimum atomic E-state index is -4.72. The van der Waals surface area contributed by atoms with Gasteiger partial charge in [-0.1, -0.05) is 19.1 Å². The Kier molecular flexibility index (Phi) is 7.25. The fraction of sp³-hybridized carbons (Fsp3) is 0.684. The molecule has 0 saturated heterocycles. The van der Waals surface area contributed by atoms with Crippen molar-refractivity contribution in [2.75, 3.05) is 13.2 Å². The van der Waals surface area contributed by atoms with Crippen molar-refractivity contribution in [3.8, 4) is 5.75 Å². The molecule has 0 radical (unpaired) electrons. The number of aliphatic hydroxyl groups excluding tert-OH is 1. The van der Waals surface area contributed by atoms with Crippen LogP contribution in [0.1, 0.15) is 38.2 Å². The number of hydrogen-bond donors (Lipinski definition) is 2. The SMILES string of the molecule is CC1CCC(Cc2cccc(OC(F)(F)CF)c2)(NCC(O)C(F)(F)F)CC1. The van der Waals surface area contributed by atoms with Gasteiger partial charge >= 0.3 is 12.3 Å². The van der Waals surface area contributed by atoms with Gasteiger partial charge in [-0.05, 0) is 55.7 Å². The van der Waals surface area contributed by atoms with E-state index in [1.54, 1.807) is 6.07 Å². The van der Waals surface area contributed by atoms with E-state index in [1.807, 2.05) is 0 Å². The van der Waals surface area contributed by atoms with Crippen LogP contribution in [0.25, 0.3) is 0 Å². The second-order valence-corrected chi connectivity index (χ2v) is 7.60. The summed E-state index contributed by atoms with van der Waals surface area (Å²) in [5.74, 6) is 0.218. The van der Waals surface area contributed by atoms with E-state index in [2.05, 4.69) is 17.0 Å². The third-order valence-corrected chi connectivity index (χ3v) is 5.14. The first-order valence-electron chi connectivity index (χ1n) is 9.16. The quantitative estimate of drug-likeness (QED) is 0.611. The number of benzene rings is 1. The zero-order chi connectivity index (χ0) is 21.0. The first kappa shape index (κ1) is 22.8. The highest BCUT2D eigenvalue weighted by Crippen LogP contribution is 2.36. The lowest BCUT2D eigenvalue weighted by atomic mass is 9.74. The Morgan fingerprint density at radius 2 is 1.86 bits per heavy atom. The lowest BCUT2D eigenvalue weighted by Gasteiger charge is -2.41. The van der Waals surface area contributed by atoms with Crippen LogP contribution in [0.3, 0.4) is 0 Å². The number of rotatable bonds is 8. The number of hydrogen-bond acceptors (Lipinski definition) is 3. The van der Waals surface area contributed by atoms with Gasteiger partial charge in [0.2, 0.25) is 0 Å². The van der Waals surface area contributed by atoms with Crippen LogP contribution in [-0.2, 0) is 6.42 Å². The first-order valence-corrected chi connectivity index (χ1v) is 9.16. The highest BCUT2D eigenvalue weighted by Gasteiger charge is 2.41. The first-order chi connectivity index (χ1) is 12.9. The topological polar surface area (TPSA) is 41.5 Å².